The molecule has 2 heterocycles. The molecular formula is C10H14ClN3O2. The van der Waals surface area contributed by atoms with Crippen LogP contribution in [0.5, 0.6) is 0 Å². The summed E-state index contributed by atoms with van der Waals surface area (Å²) in [5, 5.41) is 12.8. The number of rotatable bonds is 4. The average molecular weight is 244 g/mol. The number of carbonyl (C=O) groups excluding carboxylic acids is 1. The van der Waals surface area contributed by atoms with Gasteiger partial charge in [0.2, 0.25) is 5.91 Å². The summed E-state index contributed by atoms with van der Waals surface area (Å²) in [6, 6.07) is 0. The number of aromatic nitrogens is 2. The van der Waals surface area contributed by atoms with Gasteiger partial charge < -0.3 is 10.0 Å². The third-order valence-corrected chi connectivity index (χ3v) is 3.12. The SMILES string of the molecule is O=C1CC(CCl)CN1c1cnn(CCO)c1. The topological polar surface area (TPSA) is 58.4 Å². The van der Waals surface area contributed by atoms with E-state index in [1.165, 1.54) is 0 Å². The van der Waals surface area contributed by atoms with Crippen molar-refractivity contribution in [2.45, 2.75) is 13.0 Å². The van der Waals surface area contributed by atoms with Crippen LogP contribution in [0, 0.1) is 5.92 Å². The summed E-state index contributed by atoms with van der Waals surface area (Å²) in [4.78, 5) is 13.4. The number of aliphatic hydroxyl groups excluding tert-OH is 1. The number of nitrogens with zero attached hydrogens (tertiary/aromatic N) is 3. The smallest absolute Gasteiger partial charge is 0.227 e. The third-order valence-electron chi connectivity index (χ3n) is 2.68. The van der Waals surface area contributed by atoms with Crippen molar-refractivity contribution in [2.24, 2.45) is 5.92 Å². The number of hydrogen-bond donors (Lipinski definition) is 1. The molecule has 1 saturated heterocycles. The van der Waals surface area contributed by atoms with Crippen LogP contribution in [0.25, 0.3) is 0 Å². The Labute approximate surface area is 98.6 Å². The predicted octanol–water partition coefficient (Wildman–Crippen LogP) is 0.467. The van der Waals surface area contributed by atoms with Crippen LogP contribution >= 0.6 is 11.6 Å². The van der Waals surface area contributed by atoms with E-state index in [0.29, 0.717) is 25.4 Å². The molecule has 1 amide bonds. The highest BCUT2D eigenvalue weighted by atomic mass is 35.5. The van der Waals surface area contributed by atoms with Gasteiger partial charge >= 0.3 is 0 Å². The molecule has 0 aromatic carbocycles. The van der Waals surface area contributed by atoms with Crippen LogP contribution in [0.4, 0.5) is 5.69 Å². The Morgan fingerprint density at radius 1 is 1.62 bits per heavy atom. The summed E-state index contributed by atoms with van der Waals surface area (Å²) in [5.41, 5.74) is 0.783. The Morgan fingerprint density at radius 3 is 3.06 bits per heavy atom. The molecule has 1 unspecified atom stereocenters. The minimum absolute atomic E-state index is 0.0410. The normalized spacial score (nSPS) is 20.8. The molecule has 1 fully saturated rings. The van der Waals surface area contributed by atoms with Gasteiger partial charge in [-0.25, -0.2) is 0 Å². The lowest BCUT2D eigenvalue weighted by Crippen LogP contribution is -2.24. The van der Waals surface area contributed by atoms with Gasteiger partial charge in [-0.2, -0.15) is 5.10 Å². The monoisotopic (exact) mass is 243 g/mol. The van der Waals surface area contributed by atoms with Gasteiger partial charge in [-0.15, -0.1) is 11.6 Å². The van der Waals surface area contributed by atoms with Crippen molar-refractivity contribution >= 4 is 23.2 Å². The van der Waals surface area contributed by atoms with Crippen molar-refractivity contribution in [2.75, 3.05) is 23.9 Å². The molecule has 0 saturated carbocycles. The minimum atomic E-state index is 0.0410. The van der Waals surface area contributed by atoms with Crippen molar-refractivity contribution in [3.05, 3.63) is 12.4 Å². The first-order valence-corrected chi connectivity index (χ1v) is 5.77. The number of hydrogen-bond acceptors (Lipinski definition) is 3. The lowest BCUT2D eigenvalue weighted by Gasteiger charge is -2.13. The van der Waals surface area contributed by atoms with Crippen LogP contribution in [0.1, 0.15) is 6.42 Å². The molecule has 1 aliphatic heterocycles. The molecule has 0 bridgehead atoms. The van der Waals surface area contributed by atoms with Gasteiger partial charge in [0.1, 0.15) is 0 Å². The quantitative estimate of drug-likeness (QED) is 0.782. The Balaban J connectivity index is 2.09. The summed E-state index contributed by atoms with van der Waals surface area (Å²) >= 11 is 5.75. The molecule has 0 spiro atoms. The molecule has 6 heteroatoms. The summed E-state index contributed by atoms with van der Waals surface area (Å²) in [6.45, 7) is 1.15. The number of aliphatic hydroxyl groups is 1. The van der Waals surface area contributed by atoms with Crippen molar-refractivity contribution in [3.63, 3.8) is 0 Å². The number of carbonyl (C=O) groups is 1. The lowest BCUT2D eigenvalue weighted by atomic mass is 10.1. The third kappa shape index (κ3) is 2.20. The maximum Gasteiger partial charge on any atom is 0.227 e. The van der Waals surface area contributed by atoms with Gasteiger partial charge in [0.15, 0.2) is 0 Å². The van der Waals surface area contributed by atoms with E-state index < -0.39 is 0 Å². The molecule has 1 N–H and O–H groups in total. The zero-order valence-electron chi connectivity index (χ0n) is 8.84. The molecule has 1 aromatic heterocycles. The Kier molecular flexibility index (Phi) is 3.46. The summed E-state index contributed by atoms with van der Waals surface area (Å²) in [7, 11) is 0. The highest BCUT2D eigenvalue weighted by Gasteiger charge is 2.30. The van der Waals surface area contributed by atoms with Crippen LogP contribution < -0.4 is 4.90 Å². The van der Waals surface area contributed by atoms with E-state index in [1.807, 2.05) is 0 Å². The van der Waals surface area contributed by atoms with E-state index in [-0.39, 0.29) is 18.4 Å². The molecule has 1 aliphatic rings. The highest BCUT2D eigenvalue weighted by Crippen LogP contribution is 2.25. The van der Waals surface area contributed by atoms with Crippen molar-refractivity contribution in [3.8, 4) is 0 Å². The van der Waals surface area contributed by atoms with Crippen molar-refractivity contribution in [1.82, 2.24) is 9.78 Å². The largest absolute Gasteiger partial charge is 0.394 e. The fourth-order valence-corrected chi connectivity index (χ4v) is 2.06. The maximum atomic E-state index is 11.7. The van der Waals surface area contributed by atoms with Crippen LogP contribution in [-0.2, 0) is 11.3 Å². The van der Waals surface area contributed by atoms with Crippen LogP contribution in [-0.4, -0.2) is 39.8 Å². The molecular weight excluding hydrogens is 230 g/mol. The minimum Gasteiger partial charge on any atom is -0.394 e. The van der Waals surface area contributed by atoms with Gasteiger partial charge in [-0.05, 0) is 5.92 Å². The van der Waals surface area contributed by atoms with E-state index in [0.717, 1.165) is 5.69 Å². The molecule has 16 heavy (non-hydrogen) atoms. The second kappa shape index (κ2) is 4.84. The van der Waals surface area contributed by atoms with E-state index in [1.54, 1.807) is 22.0 Å². The Bertz CT molecular complexity index is 380. The van der Waals surface area contributed by atoms with Crippen molar-refractivity contribution in [1.29, 1.82) is 0 Å². The summed E-state index contributed by atoms with van der Waals surface area (Å²) in [5.74, 6) is 0.831. The predicted molar refractivity (Wildman–Crippen MR) is 60.5 cm³/mol. The van der Waals surface area contributed by atoms with Crippen LogP contribution in [0.15, 0.2) is 12.4 Å². The van der Waals surface area contributed by atoms with Crippen LogP contribution in [0.2, 0.25) is 0 Å². The van der Waals surface area contributed by atoms with Crippen molar-refractivity contribution < 1.29 is 9.90 Å². The zero-order chi connectivity index (χ0) is 11.5. The second-order valence-electron chi connectivity index (χ2n) is 3.91. The number of amides is 1. The van der Waals surface area contributed by atoms with E-state index >= 15 is 0 Å². The molecule has 2 rings (SSSR count). The van der Waals surface area contributed by atoms with E-state index in [2.05, 4.69) is 5.10 Å². The summed E-state index contributed by atoms with van der Waals surface area (Å²) in [6.07, 6.45) is 3.92. The first-order chi connectivity index (χ1) is 7.74. The Morgan fingerprint density at radius 2 is 2.44 bits per heavy atom. The van der Waals surface area contributed by atoms with Gasteiger partial charge in [0.25, 0.3) is 0 Å². The summed E-state index contributed by atoms with van der Waals surface area (Å²) < 4.78 is 1.62. The molecule has 5 nitrogen and oxygen atoms in total. The van der Waals surface area contributed by atoms with Gasteiger partial charge in [0.05, 0.1) is 25.0 Å². The molecule has 1 atom stereocenters. The van der Waals surface area contributed by atoms with Gasteiger partial charge in [-0.1, -0.05) is 0 Å². The average Bonchev–Trinajstić information content (AvgIpc) is 2.85. The maximum absolute atomic E-state index is 11.7. The molecule has 1 aromatic rings. The first kappa shape index (κ1) is 11.4. The molecule has 0 radical (unpaired) electrons. The first-order valence-electron chi connectivity index (χ1n) is 5.24. The number of halogens is 1. The molecule has 88 valence electrons. The number of anilines is 1. The standard InChI is InChI=1S/C10H14ClN3O2/c11-4-8-3-10(16)14(6-8)9-5-12-13(7-9)1-2-15/h5,7-8,15H,1-4,6H2. The van der Waals surface area contributed by atoms with Crippen LogP contribution in [0.3, 0.4) is 0 Å². The fraction of sp³-hybridized carbons (Fsp3) is 0.600. The Hall–Kier alpha value is -1.07. The second-order valence-corrected chi connectivity index (χ2v) is 4.22. The van der Waals surface area contributed by atoms with E-state index in [4.69, 9.17) is 16.7 Å². The van der Waals surface area contributed by atoms with Gasteiger partial charge in [-0.3, -0.25) is 9.48 Å². The molecule has 0 aliphatic carbocycles. The number of alkyl halides is 1. The lowest BCUT2D eigenvalue weighted by molar-refractivity contribution is -0.117. The fourth-order valence-electron chi connectivity index (χ4n) is 1.85. The van der Waals surface area contributed by atoms with Gasteiger partial charge in [0, 0.05) is 25.0 Å². The highest BCUT2D eigenvalue weighted by molar-refractivity contribution is 6.18. The van der Waals surface area contributed by atoms with E-state index in [9.17, 15) is 4.79 Å². The zero-order valence-corrected chi connectivity index (χ0v) is 9.60.